The van der Waals surface area contributed by atoms with Crippen LogP contribution < -0.4 is 14.8 Å². The molecule has 0 aliphatic carbocycles. The van der Waals surface area contributed by atoms with Crippen molar-refractivity contribution < 1.29 is 14.3 Å². The number of hydrogen-bond donors (Lipinski definition) is 1. The molecule has 0 saturated heterocycles. The van der Waals surface area contributed by atoms with Crippen LogP contribution >= 0.6 is 0 Å². The first-order valence-electron chi connectivity index (χ1n) is 7.32. The summed E-state index contributed by atoms with van der Waals surface area (Å²) in [5.41, 5.74) is 1.45. The van der Waals surface area contributed by atoms with E-state index in [0.29, 0.717) is 17.2 Å². The monoisotopic (exact) mass is 323 g/mol. The summed E-state index contributed by atoms with van der Waals surface area (Å²) >= 11 is 0. The van der Waals surface area contributed by atoms with Crippen molar-refractivity contribution in [3.05, 3.63) is 54.9 Å². The topological polar surface area (TPSA) is 91.2 Å². The maximum atomic E-state index is 12.3. The van der Waals surface area contributed by atoms with Crippen molar-refractivity contribution in [3.63, 3.8) is 0 Å². The second-order valence-electron chi connectivity index (χ2n) is 5.15. The molecule has 1 N–H and O–H groups in total. The van der Waals surface area contributed by atoms with Gasteiger partial charge in [-0.2, -0.15) is 0 Å². The highest BCUT2D eigenvalue weighted by molar-refractivity contribution is 5.94. The van der Waals surface area contributed by atoms with Gasteiger partial charge < -0.3 is 14.8 Å². The standard InChI is InChI=1S/C16H13N5O3/c22-16(15-9-23-13-3-1-2-4-14(13)24-15)18-11-5-7-12(8-6-11)21-10-17-19-20-21/h1-8,10,15H,9H2,(H,18,22). The van der Waals surface area contributed by atoms with Crippen LogP contribution in [0.3, 0.4) is 0 Å². The van der Waals surface area contributed by atoms with Crippen molar-refractivity contribution >= 4 is 11.6 Å². The Balaban J connectivity index is 1.43. The highest BCUT2D eigenvalue weighted by Gasteiger charge is 2.27. The Morgan fingerprint density at radius 1 is 1.12 bits per heavy atom. The number of rotatable bonds is 3. The van der Waals surface area contributed by atoms with Crippen LogP contribution in [0.15, 0.2) is 54.9 Å². The maximum absolute atomic E-state index is 12.3. The van der Waals surface area contributed by atoms with E-state index in [-0.39, 0.29) is 12.5 Å². The molecular weight excluding hydrogens is 310 g/mol. The molecule has 8 heteroatoms. The van der Waals surface area contributed by atoms with Crippen molar-refractivity contribution in [3.8, 4) is 17.2 Å². The minimum absolute atomic E-state index is 0.172. The summed E-state index contributed by atoms with van der Waals surface area (Å²) in [6.07, 6.45) is 0.803. The predicted octanol–water partition coefficient (Wildman–Crippen LogP) is 1.44. The fraction of sp³-hybridized carbons (Fsp3) is 0.125. The van der Waals surface area contributed by atoms with Gasteiger partial charge in [-0.05, 0) is 46.8 Å². The largest absolute Gasteiger partial charge is 0.485 e. The van der Waals surface area contributed by atoms with E-state index in [0.717, 1.165) is 5.69 Å². The van der Waals surface area contributed by atoms with Crippen molar-refractivity contribution in [2.75, 3.05) is 11.9 Å². The fourth-order valence-electron chi connectivity index (χ4n) is 2.35. The lowest BCUT2D eigenvalue weighted by atomic mass is 10.2. The molecule has 1 unspecified atom stereocenters. The van der Waals surface area contributed by atoms with Crippen molar-refractivity contribution in [1.29, 1.82) is 0 Å². The van der Waals surface area contributed by atoms with Crippen LogP contribution in [0.2, 0.25) is 0 Å². The zero-order valence-corrected chi connectivity index (χ0v) is 12.5. The summed E-state index contributed by atoms with van der Waals surface area (Å²) in [7, 11) is 0. The smallest absolute Gasteiger partial charge is 0.269 e. The maximum Gasteiger partial charge on any atom is 0.269 e. The van der Waals surface area contributed by atoms with Gasteiger partial charge in [-0.1, -0.05) is 12.1 Å². The van der Waals surface area contributed by atoms with Gasteiger partial charge in [0.1, 0.15) is 12.9 Å². The van der Waals surface area contributed by atoms with Crippen molar-refractivity contribution in [2.45, 2.75) is 6.10 Å². The molecule has 0 bridgehead atoms. The lowest BCUT2D eigenvalue weighted by molar-refractivity contribution is -0.125. The molecule has 0 fully saturated rings. The van der Waals surface area contributed by atoms with Crippen LogP contribution in [0.1, 0.15) is 0 Å². The number of amides is 1. The number of aromatic nitrogens is 4. The summed E-state index contributed by atoms with van der Waals surface area (Å²) in [6.45, 7) is 0.172. The van der Waals surface area contributed by atoms with Gasteiger partial charge in [0.25, 0.3) is 5.91 Å². The molecule has 2 heterocycles. The minimum Gasteiger partial charge on any atom is -0.485 e. The molecule has 0 radical (unpaired) electrons. The zero-order valence-electron chi connectivity index (χ0n) is 12.5. The fourth-order valence-corrected chi connectivity index (χ4v) is 2.35. The van der Waals surface area contributed by atoms with E-state index in [4.69, 9.17) is 9.47 Å². The zero-order chi connectivity index (χ0) is 16.4. The molecule has 1 atom stereocenters. The van der Waals surface area contributed by atoms with Gasteiger partial charge in [-0.3, -0.25) is 4.79 Å². The quantitative estimate of drug-likeness (QED) is 0.784. The average molecular weight is 323 g/mol. The van der Waals surface area contributed by atoms with Crippen LogP contribution in [-0.2, 0) is 4.79 Å². The SMILES string of the molecule is O=C(Nc1ccc(-n2cnnn2)cc1)C1COc2ccccc2O1. The molecular formula is C16H13N5O3. The number of carbonyl (C=O) groups excluding carboxylic acids is 1. The third-order valence-electron chi connectivity index (χ3n) is 3.55. The summed E-state index contributed by atoms with van der Waals surface area (Å²) < 4.78 is 12.8. The number of carbonyl (C=O) groups is 1. The summed E-state index contributed by atoms with van der Waals surface area (Å²) in [4.78, 5) is 12.3. The van der Waals surface area contributed by atoms with Crippen LogP contribution in [0.4, 0.5) is 5.69 Å². The van der Waals surface area contributed by atoms with E-state index in [9.17, 15) is 4.79 Å². The molecule has 1 amide bonds. The number of nitrogens with one attached hydrogen (secondary N) is 1. The first-order valence-corrected chi connectivity index (χ1v) is 7.32. The number of ether oxygens (including phenoxy) is 2. The van der Waals surface area contributed by atoms with Crippen molar-refractivity contribution in [1.82, 2.24) is 20.2 Å². The molecule has 2 aromatic carbocycles. The lowest BCUT2D eigenvalue weighted by Crippen LogP contribution is -2.40. The number of para-hydroxylation sites is 2. The van der Waals surface area contributed by atoms with E-state index >= 15 is 0 Å². The number of hydrogen-bond acceptors (Lipinski definition) is 6. The predicted molar refractivity (Wildman–Crippen MR) is 84.1 cm³/mol. The van der Waals surface area contributed by atoms with Gasteiger partial charge in [-0.25, -0.2) is 4.68 Å². The Bertz CT molecular complexity index is 848. The molecule has 1 aliphatic heterocycles. The Hall–Kier alpha value is -3.42. The van der Waals surface area contributed by atoms with E-state index in [1.54, 1.807) is 36.4 Å². The number of fused-ring (bicyclic) bond motifs is 1. The average Bonchev–Trinajstić information content (AvgIpc) is 3.16. The van der Waals surface area contributed by atoms with Crippen molar-refractivity contribution in [2.24, 2.45) is 0 Å². The Morgan fingerprint density at radius 2 is 1.92 bits per heavy atom. The molecule has 24 heavy (non-hydrogen) atoms. The Labute approximate surface area is 137 Å². The normalized spacial score (nSPS) is 15.8. The van der Waals surface area contributed by atoms with Gasteiger partial charge in [0.2, 0.25) is 6.10 Å². The molecule has 1 aliphatic rings. The first kappa shape index (κ1) is 14.2. The van der Waals surface area contributed by atoms with Crippen LogP contribution in [-0.4, -0.2) is 38.8 Å². The van der Waals surface area contributed by atoms with Crippen LogP contribution in [0, 0.1) is 0 Å². The molecule has 0 spiro atoms. The molecule has 1 aromatic heterocycles. The van der Waals surface area contributed by atoms with E-state index < -0.39 is 6.10 Å². The third-order valence-corrected chi connectivity index (χ3v) is 3.55. The van der Waals surface area contributed by atoms with E-state index in [1.165, 1.54) is 11.0 Å². The third kappa shape index (κ3) is 2.76. The molecule has 3 aromatic rings. The highest BCUT2D eigenvalue weighted by Crippen LogP contribution is 2.31. The Morgan fingerprint density at radius 3 is 2.67 bits per heavy atom. The lowest BCUT2D eigenvalue weighted by Gasteiger charge is -2.25. The summed E-state index contributed by atoms with van der Waals surface area (Å²) in [5.74, 6) is 0.949. The number of nitrogens with zero attached hydrogens (tertiary/aromatic N) is 4. The summed E-state index contributed by atoms with van der Waals surface area (Å²) in [5, 5.41) is 13.8. The highest BCUT2D eigenvalue weighted by atomic mass is 16.6. The Kier molecular flexibility index (Phi) is 3.54. The second kappa shape index (κ2) is 5.99. The van der Waals surface area contributed by atoms with Crippen LogP contribution in [0.25, 0.3) is 5.69 Å². The van der Waals surface area contributed by atoms with Gasteiger partial charge >= 0.3 is 0 Å². The van der Waals surface area contributed by atoms with E-state index in [1.807, 2.05) is 12.1 Å². The van der Waals surface area contributed by atoms with Gasteiger partial charge in [0, 0.05) is 5.69 Å². The van der Waals surface area contributed by atoms with Gasteiger partial charge in [0.05, 0.1) is 5.69 Å². The molecule has 4 rings (SSSR count). The summed E-state index contributed by atoms with van der Waals surface area (Å²) in [6, 6.07) is 14.4. The second-order valence-corrected chi connectivity index (χ2v) is 5.15. The number of tetrazole rings is 1. The van der Waals surface area contributed by atoms with Gasteiger partial charge in [0.15, 0.2) is 11.5 Å². The molecule has 0 saturated carbocycles. The first-order chi connectivity index (χ1) is 11.8. The van der Waals surface area contributed by atoms with E-state index in [2.05, 4.69) is 20.8 Å². The number of anilines is 1. The number of benzene rings is 2. The minimum atomic E-state index is -0.695. The molecule has 8 nitrogen and oxygen atoms in total. The molecule has 120 valence electrons. The van der Waals surface area contributed by atoms with Crippen LogP contribution in [0.5, 0.6) is 11.5 Å². The van der Waals surface area contributed by atoms with Gasteiger partial charge in [-0.15, -0.1) is 5.10 Å².